The first kappa shape index (κ1) is 15.0. The first-order chi connectivity index (χ1) is 9.49. The zero-order valence-corrected chi connectivity index (χ0v) is 13.1. The van der Waals surface area contributed by atoms with Crippen LogP contribution in [-0.2, 0) is 6.54 Å². The zero-order valence-electron chi connectivity index (χ0n) is 11.5. The monoisotopic (exact) mass is 337 g/mol. The van der Waals surface area contributed by atoms with Crippen LogP contribution in [0.3, 0.4) is 0 Å². The average Bonchev–Trinajstić information content (AvgIpc) is 2.40. The van der Waals surface area contributed by atoms with Crippen molar-refractivity contribution in [3.05, 3.63) is 57.8 Å². The van der Waals surface area contributed by atoms with E-state index in [1.54, 1.807) is 6.07 Å². The molecule has 20 heavy (non-hydrogen) atoms. The van der Waals surface area contributed by atoms with E-state index in [1.165, 1.54) is 12.1 Å². The predicted molar refractivity (Wildman–Crippen MR) is 82.6 cm³/mol. The number of hydrogen-bond acceptors (Lipinski definition) is 2. The maximum absolute atomic E-state index is 13.5. The van der Waals surface area contributed by atoms with Gasteiger partial charge in [0, 0.05) is 17.1 Å². The fourth-order valence-corrected chi connectivity index (χ4v) is 2.37. The van der Waals surface area contributed by atoms with Crippen LogP contribution in [-0.4, -0.2) is 0 Å². The molecule has 0 heterocycles. The molecule has 2 aromatic carbocycles. The Labute approximate surface area is 126 Å². The second-order valence-corrected chi connectivity index (χ2v) is 5.85. The summed E-state index contributed by atoms with van der Waals surface area (Å²) in [5.74, 6) is 1.17. The Morgan fingerprint density at radius 1 is 1.20 bits per heavy atom. The molecule has 2 rings (SSSR count). The Kier molecular flexibility index (Phi) is 4.78. The Morgan fingerprint density at radius 2 is 1.95 bits per heavy atom. The van der Waals surface area contributed by atoms with E-state index in [2.05, 4.69) is 29.8 Å². The Morgan fingerprint density at radius 3 is 2.60 bits per heavy atom. The summed E-state index contributed by atoms with van der Waals surface area (Å²) in [6, 6.07) is 10.3. The van der Waals surface area contributed by atoms with Crippen molar-refractivity contribution in [3.8, 4) is 11.5 Å². The second kappa shape index (κ2) is 6.37. The first-order valence-electron chi connectivity index (χ1n) is 6.46. The van der Waals surface area contributed by atoms with Crippen molar-refractivity contribution < 1.29 is 9.13 Å². The summed E-state index contributed by atoms with van der Waals surface area (Å²) in [5.41, 5.74) is 7.33. The van der Waals surface area contributed by atoms with Gasteiger partial charge in [-0.05, 0) is 47.4 Å². The molecule has 0 fully saturated rings. The van der Waals surface area contributed by atoms with Crippen LogP contribution in [0.2, 0.25) is 0 Å². The third kappa shape index (κ3) is 3.58. The zero-order chi connectivity index (χ0) is 14.7. The van der Waals surface area contributed by atoms with E-state index >= 15 is 0 Å². The van der Waals surface area contributed by atoms with Crippen molar-refractivity contribution in [3.63, 3.8) is 0 Å². The van der Waals surface area contributed by atoms with E-state index in [1.807, 2.05) is 18.2 Å². The lowest BCUT2D eigenvalue weighted by atomic mass is 10.0. The molecule has 0 unspecified atom stereocenters. The van der Waals surface area contributed by atoms with E-state index in [-0.39, 0.29) is 12.4 Å². The Hall–Kier alpha value is -1.39. The van der Waals surface area contributed by atoms with Gasteiger partial charge in [0.05, 0.1) is 0 Å². The molecule has 0 bridgehead atoms. The highest BCUT2D eigenvalue weighted by molar-refractivity contribution is 9.10. The van der Waals surface area contributed by atoms with E-state index < -0.39 is 0 Å². The van der Waals surface area contributed by atoms with Gasteiger partial charge >= 0.3 is 0 Å². The van der Waals surface area contributed by atoms with Crippen molar-refractivity contribution >= 4 is 15.9 Å². The highest BCUT2D eigenvalue weighted by atomic mass is 79.9. The smallest absolute Gasteiger partial charge is 0.130 e. The molecular weight excluding hydrogens is 321 g/mol. The third-order valence-corrected chi connectivity index (χ3v) is 3.48. The molecule has 0 aliphatic rings. The number of ether oxygens (including phenoxy) is 1. The average molecular weight is 338 g/mol. The minimum absolute atomic E-state index is 0.283. The fraction of sp³-hybridized carbons (Fsp3) is 0.250. The summed E-state index contributed by atoms with van der Waals surface area (Å²) in [6.07, 6.45) is 0. The molecule has 2 N–H and O–H groups in total. The largest absolute Gasteiger partial charge is 0.457 e. The summed E-state index contributed by atoms with van der Waals surface area (Å²) >= 11 is 3.45. The highest BCUT2D eigenvalue weighted by Crippen LogP contribution is 2.33. The van der Waals surface area contributed by atoms with Crippen LogP contribution in [0.5, 0.6) is 11.5 Å². The van der Waals surface area contributed by atoms with Crippen LogP contribution in [0, 0.1) is 5.82 Å². The van der Waals surface area contributed by atoms with E-state index in [9.17, 15) is 4.39 Å². The minimum Gasteiger partial charge on any atom is -0.457 e. The van der Waals surface area contributed by atoms with Gasteiger partial charge in [-0.2, -0.15) is 0 Å². The van der Waals surface area contributed by atoms with E-state index in [4.69, 9.17) is 10.5 Å². The number of halogens is 2. The van der Waals surface area contributed by atoms with E-state index in [0.29, 0.717) is 17.2 Å². The van der Waals surface area contributed by atoms with Gasteiger partial charge in [-0.15, -0.1) is 0 Å². The number of rotatable bonds is 4. The minimum atomic E-state index is -0.342. The van der Waals surface area contributed by atoms with Gasteiger partial charge in [-0.25, -0.2) is 4.39 Å². The standard InChI is InChI=1S/C16H17BrFNO/c1-10(2)15-7-12(17)3-4-16(15)20-14-6-11(9-19)5-13(18)8-14/h3-8,10H,9,19H2,1-2H3. The molecular formula is C16H17BrFNO. The highest BCUT2D eigenvalue weighted by Gasteiger charge is 2.10. The van der Waals surface area contributed by atoms with Gasteiger partial charge < -0.3 is 10.5 Å². The molecule has 0 aliphatic carbocycles. The van der Waals surface area contributed by atoms with E-state index in [0.717, 1.165) is 15.8 Å². The van der Waals surface area contributed by atoms with Crippen LogP contribution in [0.4, 0.5) is 4.39 Å². The second-order valence-electron chi connectivity index (χ2n) is 4.94. The molecule has 2 aromatic rings. The van der Waals surface area contributed by atoms with Crippen LogP contribution >= 0.6 is 15.9 Å². The van der Waals surface area contributed by atoms with Gasteiger partial charge in [0.15, 0.2) is 0 Å². The predicted octanol–water partition coefficient (Wildman–Crippen LogP) is 4.96. The topological polar surface area (TPSA) is 35.2 Å². The molecule has 0 saturated carbocycles. The Balaban J connectivity index is 2.37. The van der Waals surface area contributed by atoms with Crippen LogP contribution in [0.25, 0.3) is 0 Å². The maximum Gasteiger partial charge on any atom is 0.130 e. The van der Waals surface area contributed by atoms with Gasteiger partial charge in [-0.1, -0.05) is 29.8 Å². The van der Waals surface area contributed by atoms with Crippen molar-refractivity contribution in [2.75, 3.05) is 0 Å². The quantitative estimate of drug-likeness (QED) is 0.855. The molecule has 0 aliphatic heterocycles. The lowest BCUT2D eigenvalue weighted by Gasteiger charge is -2.15. The van der Waals surface area contributed by atoms with Gasteiger partial charge in [0.1, 0.15) is 17.3 Å². The van der Waals surface area contributed by atoms with Crippen molar-refractivity contribution in [2.45, 2.75) is 26.3 Å². The van der Waals surface area contributed by atoms with Crippen LogP contribution < -0.4 is 10.5 Å². The molecule has 0 amide bonds. The summed E-state index contributed by atoms with van der Waals surface area (Å²) in [7, 11) is 0. The van der Waals surface area contributed by atoms with Crippen molar-refractivity contribution in [1.82, 2.24) is 0 Å². The Bertz CT molecular complexity index is 613. The normalized spacial score (nSPS) is 10.9. The number of benzene rings is 2. The molecule has 2 nitrogen and oxygen atoms in total. The fourth-order valence-electron chi connectivity index (χ4n) is 1.99. The van der Waals surface area contributed by atoms with Gasteiger partial charge in [0.25, 0.3) is 0 Å². The first-order valence-corrected chi connectivity index (χ1v) is 7.25. The van der Waals surface area contributed by atoms with Crippen molar-refractivity contribution in [1.29, 1.82) is 0 Å². The summed E-state index contributed by atoms with van der Waals surface area (Å²) in [5, 5.41) is 0. The maximum atomic E-state index is 13.5. The lowest BCUT2D eigenvalue weighted by molar-refractivity contribution is 0.467. The van der Waals surface area contributed by atoms with Gasteiger partial charge in [0.2, 0.25) is 0 Å². The molecule has 4 heteroatoms. The van der Waals surface area contributed by atoms with Gasteiger partial charge in [-0.3, -0.25) is 0 Å². The molecule has 0 spiro atoms. The summed E-state index contributed by atoms with van der Waals surface area (Å²) in [6.45, 7) is 4.46. The molecule has 0 atom stereocenters. The van der Waals surface area contributed by atoms with Crippen LogP contribution in [0.15, 0.2) is 40.9 Å². The number of hydrogen-bond donors (Lipinski definition) is 1. The summed E-state index contributed by atoms with van der Waals surface area (Å²) in [4.78, 5) is 0. The molecule has 0 radical (unpaired) electrons. The third-order valence-electron chi connectivity index (χ3n) is 2.99. The summed E-state index contributed by atoms with van der Waals surface area (Å²) < 4.78 is 20.3. The SMILES string of the molecule is CC(C)c1cc(Br)ccc1Oc1cc(F)cc(CN)c1. The molecule has 0 saturated heterocycles. The molecule has 0 aromatic heterocycles. The lowest BCUT2D eigenvalue weighted by Crippen LogP contribution is -1.99. The number of nitrogens with two attached hydrogens (primary N) is 1. The van der Waals surface area contributed by atoms with Crippen LogP contribution in [0.1, 0.15) is 30.9 Å². The molecule has 106 valence electrons. The van der Waals surface area contributed by atoms with Crippen molar-refractivity contribution in [2.24, 2.45) is 5.73 Å².